The van der Waals surface area contributed by atoms with Crippen LogP contribution in [0.3, 0.4) is 0 Å². The Morgan fingerprint density at radius 1 is 0.680 bits per heavy atom. The number of aromatic hydroxyl groups is 2. The summed E-state index contributed by atoms with van der Waals surface area (Å²) in [4.78, 5) is 12.0. The molecule has 0 aliphatic carbocycles. The SMILES string of the molecule is O=c1c(O)c(-c2ccccc2)oc2ccccc12.Oc1ccccc1. The van der Waals surface area contributed by atoms with Crippen molar-refractivity contribution in [2.75, 3.05) is 0 Å². The van der Waals surface area contributed by atoms with Crippen LogP contribution < -0.4 is 5.43 Å². The zero-order valence-electron chi connectivity index (χ0n) is 13.3. The summed E-state index contributed by atoms with van der Waals surface area (Å²) in [5, 5.41) is 19.0. The number of rotatable bonds is 1. The van der Waals surface area contributed by atoms with Gasteiger partial charge in [0.1, 0.15) is 11.3 Å². The lowest BCUT2D eigenvalue weighted by Gasteiger charge is -2.05. The van der Waals surface area contributed by atoms with Crippen LogP contribution in [0.15, 0.2) is 94.1 Å². The first-order valence-corrected chi connectivity index (χ1v) is 7.71. The Bertz CT molecular complexity index is 1020. The minimum absolute atomic E-state index is 0.208. The van der Waals surface area contributed by atoms with Crippen LogP contribution in [0.5, 0.6) is 11.5 Å². The number of hydrogen-bond donors (Lipinski definition) is 2. The predicted molar refractivity (Wildman–Crippen MR) is 97.7 cm³/mol. The Hall–Kier alpha value is -3.53. The summed E-state index contributed by atoms with van der Waals surface area (Å²) in [6.07, 6.45) is 0. The van der Waals surface area contributed by atoms with Gasteiger partial charge in [0.15, 0.2) is 5.76 Å². The van der Waals surface area contributed by atoms with Gasteiger partial charge in [-0.3, -0.25) is 4.79 Å². The molecule has 2 N–H and O–H groups in total. The number of phenolic OH excluding ortho intramolecular Hbond substituents is 1. The fourth-order valence-electron chi connectivity index (χ4n) is 2.35. The fraction of sp³-hybridized carbons (Fsp3) is 0. The normalized spacial score (nSPS) is 10.1. The van der Waals surface area contributed by atoms with Gasteiger partial charge in [0.05, 0.1) is 5.39 Å². The van der Waals surface area contributed by atoms with Crippen molar-refractivity contribution in [3.8, 4) is 22.8 Å². The molecule has 1 heterocycles. The van der Waals surface area contributed by atoms with Crippen molar-refractivity contribution in [1.82, 2.24) is 0 Å². The van der Waals surface area contributed by atoms with E-state index in [9.17, 15) is 9.90 Å². The van der Waals surface area contributed by atoms with E-state index in [1.807, 2.05) is 24.3 Å². The minimum atomic E-state index is -0.407. The second-order valence-electron chi connectivity index (χ2n) is 5.31. The molecule has 0 amide bonds. The van der Waals surface area contributed by atoms with Crippen LogP contribution in [0.25, 0.3) is 22.3 Å². The van der Waals surface area contributed by atoms with Crippen molar-refractivity contribution in [3.05, 3.63) is 95.2 Å². The fourth-order valence-corrected chi connectivity index (χ4v) is 2.35. The lowest BCUT2D eigenvalue weighted by atomic mass is 10.1. The topological polar surface area (TPSA) is 70.7 Å². The van der Waals surface area contributed by atoms with Crippen molar-refractivity contribution >= 4 is 11.0 Å². The zero-order chi connectivity index (χ0) is 17.6. The number of phenols is 1. The largest absolute Gasteiger partial charge is 0.508 e. The molecular weight excluding hydrogens is 316 g/mol. The van der Waals surface area contributed by atoms with E-state index in [1.54, 1.807) is 60.7 Å². The molecule has 4 heteroatoms. The van der Waals surface area contributed by atoms with Crippen LogP contribution in [0, 0.1) is 0 Å². The van der Waals surface area contributed by atoms with Crippen LogP contribution in [-0.4, -0.2) is 10.2 Å². The van der Waals surface area contributed by atoms with E-state index in [0.29, 0.717) is 22.3 Å². The maximum Gasteiger partial charge on any atom is 0.235 e. The van der Waals surface area contributed by atoms with Crippen molar-refractivity contribution in [2.45, 2.75) is 0 Å². The van der Waals surface area contributed by atoms with Crippen LogP contribution in [0.1, 0.15) is 0 Å². The van der Waals surface area contributed by atoms with Gasteiger partial charge >= 0.3 is 0 Å². The molecule has 0 saturated carbocycles. The van der Waals surface area contributed by atoms with Crippen molar-refractivity contribution in [2.24, 2.45) is 0 Å². The first kappa shape index (κ1) is 16.3. The second kappa shape index (κ2) is 7.36. The highest BCUT2D eigenvalue weighted by molar-refractivity contribution is 5.81. The van der Waals surface area contributed by atoms with E-state index in [2.05, 4.69) is 0 Å². The van der Waals surface area contributed by atoms with Crippen LogP contribution in [0.4, 0.5) is 0 Å². The molecule has 4 aromatic rings. The Morgan fingerprint density at radius 3 is 1.84 bits per heavy atom. The van der Waals surface area contributed by atoms with E-state index in [1.165, 1.54) is 0 Å². The molecule has 1 aromatic heterocycles. The van der Waals surface area contributed by atoms with Crippen molar-refractivity contribution < 1.29 is 14.6 Å². The van der Waals surface area contributed by atoms with Gasteiger partial charge in [-0.1, -0.05) is 60.7 Å². The molecule has 0 spiro atoms. The molecule has 0 bridgehead atoms. The maximum absolute atomic E-state index is 12.0. The third-order valence-electron chi connectivity index (χ3n) is 3.57. The van der Waals surface area contributed by atoms with Crippen molar-refractivity contribution in [1.29, 1.82) is 0 Å². The lowest BCUT2D eigenvalue weighted by Crippen LogP contribution is -2.02. The summed E-state index contributed by atoms with van der Waals surface area (Å²) in [7, 11) is 0. The standard InChI is InChI=1S/C15H10O3.C6H6O/c16-13-11-8-4-5-9-12(11)18-15(14(13)17)10-6-2-1-3-7-10;7-6-4-2-1-3-5-6/h1-9,17H;1-5,7H. The van der Waals surface area contributed by atoms with E-state index < -0.39 is 5.43 Å². The first-order chi connectivity index (χ1) is 12.2. The summed E-state index contributed by atoms with van der Waals surface area (Å²) < 4.78 is 5.61. The third kappa shape index (κ3) is 3.70. The highest BCUT2D eigenvalue weighted by atomic mass is 16.4. The average Bonchev–Trinajstić information content (AvgIpc) is 2.66. The van der Waals surface area contributed by atoms with Crippen molar-refractivity contribution in [3.63, 3.8) is 0 Å². The third-order valence-corrected chi connectivity index (χ3v) is 3.57. The zero-order valence-corrected chi connectivity index (χ0v) is 13.3. The minimum Gasteiger partial charge on any atom is -0.508 e. The molecule has 3 aromatic carbocycles. The second-order valence-corrected chi connectivity index (χ2v) is 5.31. The van der Waals surface area contributed by atoms with E-state index in [4.69, 9.17) is 9.52 Å². The molecule has 0 aliphatic rings. The molecule has 0 fully saturated rings. The molecule has 0 atom stereocenters. The Kier molecular flexibility index (Phi) is 4.81. The molecular formula is C21H16O4. The van der Waals surface area contributed by atoms with Gasteiger partial charge in [0, 0.05) is 5.56 Å². The lowest BCUT2D eigenvalue weighted by molar-refractivity contribution is 0.449. The number of fused-ring (bicyclic) bond motifs is 1. The highest BCUT2D eigenvalue weighted by Crippen LogP contribution is 2.29. The average molecular weight is 332 g/mol. The monoisotopic (exact) mass is 332 g/mol. The van der Waals surface area contributed by atoms with Crippen LogP contribution >= 0.6 is 0 Å². The predicted octanol–water partition coefficient (Wildman–Crippen LogP) is 4.56. The molecule has 0 saturated heterocycles. The number of para-hydroxylation sites is 2. The summed E-state index contributed by atoms with van der Waals surface area (Å²) in [5.74, 6) is 0.182. The van der Waals surface area contributed by atoms with E-state index in [0.717, 1.165) is 0 Å². The number of hydrogen-bond acceptors (Lipinski definition) is 4. The Balaban J connectivity index is 0.000000219. The quantitative estimate of drug-likeness (QED) is 0.536. The smallest absolute Gasteiger partial charge is 0.235 e. The molecule has 25 heavy (non-hydrogen) atoms. The van der Waals surface area contributed by atoms with E-state index in [-0.39, 0.29) is 11.5 Å². The van der Waals surface area contributed by atoms with Gasteiger partial charge in [-0.2, -0.15) is 0 Å². The number of benzene rings is 3. The van der Waals surface area contributed by atoms with Gasteiger partial charge < -0.3 is 14.6 Å². The molecule has 0 radical (unpaired) electrons. The van der Waals surface area contributed by atoms with Gasteiger partial charge in [0.2, 0.25) is 11.2 Å². The maximum atomic E-state index is 12.0. The van der Waals surface area contributed by atoms with Gasteiger partial charge in [-0.15, -0.1) is 0 Å². The highest BCUT2D eigenvalue weighted by Gasteiger charge is 2.14. The Morgan fingerprint density at radius 2 is 1.24 bits per heavy atom. The van der Waals surface area contributed by atoms with Gasteiger partial charge in [0.25, 0.3) is 0 Å². The van der Waals surface area contributed by atoms with E-state index >= 15 is 0 Å². The molecule has 0 aliphatic heterocycles. The van der Waals surface area contributed by atoms with Gasteiger partial charge in [-0.25, -0.2) is 0 Å². The summed E-state index contributed by atoms with van der Waals surface area (Å²) in [6, 6.07) is 24.7. The molecule has 4 rings (SSSR count). The van der Waals surface area contributed by atoms with Crippen LogP contribution in [-0.2, 0) is 0 Å². The molecule has 0 unspecified atom stereocenters. The summed E-state index contributed by atoms with van der Waals surface area (Å²) >= 11 is 0. The molecule has 4 nitrogen and oxygen atoms in total. The molecule has 124 valence electrons. The van der Waals surface area contributed by atoms with Gasteiger partial charge in [-0.05, 0) is 24.3 Å². The summed E-state index contributed by atoms with van der Waals surface area (Å²) in [5.41, 5.74) is 0.743. The Labute approximate surface area is 144 Å². The first-order valence-electron chi connectivity index (χ1n) is 7.71. The summed E-state index contributed by atoms with van der Waals surface area (Å²) in [6.45, 7) is 0. The van der Waals surface area contributed by atoms with Crippen LogP contribution in [0.2, 0.25) is 0 Å².